The summed E-state index contributed by atoms with van der Waals surface area (Å²) in [5.74, 6) is 0.790. The fraction of sp³-hybridized carbons (Fsp3) is 0.667. The molecule has 3 aliphatic heterocycles. The monoisotopic (exact) mass is 729 g/mol. The Kier molecular flexibility index (Phi) is 11.7. The van der Waals surface area contributed by atoms with Gasteiger partial charge in [0.25, 0.3) is 5.91 Å². The summed E-state index contributed by atoms with van der Waals surface area (Å²) >= 11 is 6.47. The van der Waals surface area contributed by atoms with Crippen LogP contribution in [0, 0.1) is 29.1 Å². The van der Waals surface area contributed by atoms with Crippen LogP contribution in [0.15, 0.2) is 53.6 Å². The molecular formula is C39H56ClN3O6S. The summed E-state index contributed by atoms with van der Waals surface area (Å²) in [5.41, 5.74) is 0.400. The number of allylic oxidation sites excluding steroid dienone is 4. The lowest BCUT2D eigenvalue weighted by Gasteiger charge is -2.49. The van der Waals surface area contributed by atoms with E-state index < -0.39 is 26.8 Å². The maximum Gasteiger partial charge on any atom is 0.264 e. The van der Waals surface area contributed by atoms with Gasteiger partial charge in [-0.2, -0.15) is 0 Å². The second kappa shape index (κ2) is 15.7. The van der Waals surface area contributed by atoms with E-state index in [-0.39, 0.29) is 17.3 Å². The number of benzene rings is 1. The fourth-order valence-electron chi connectivity index (χ4n) is 8.26. The minimum atomic E-state index is -3.94. The van der Waals surface area contributed by atoms with E-state index in [4.69, 9.17) is 25.8 Å². The Morgan fingerprint density at radius 2 is 1.86 bits per heavy atom. The van der Waals surface area contributed by atoms with Crippen molar-refractivity contribution in [2.75, 3.05) is 64.1 Å². The van der Waals surface area contributed by atoms with Gasteiger partial charge in [0, 0.05) is 48.7 Å². The average molecular weight is 730 g/mol. The largest absolute Gasteiger partial charge is 0.490 e. The molecule has 7 atom stereocenters. The second-order valence-electron chi connectivity index (χ2n) is 15.6. The number of hydrogen-bond donors (Lipinski definition) is 1. The van der Waals surface area contributed by atoms with E-state index in [1.807, 2.05) is 25.1 Å². The van der Waals surface area contributed by atoms with Gasteiger partial charge in [0.2, 0.25) is 10.0 Å². The molecule has 0 aromatic heterocycles. The van der Waals surface area contributed by atoms with Crippen LogP contribution >= 0.6 is 11.6 Å². The minimum Gasteiger partial charge on any atom is -0.490 e. The number of halogens is 1. The quantitative estimate of drug-likeness (QED) is 0.349. The summed E-state index contributed by atoms with van der Waals surface area (Å²) < 4.78 is 48.4. The van der Waals surface area contributed by atoms with Crippen LogP contribution in [0.4, 0.5) is 5.69 Å². The molecule has 1 aromatic carbocycles. The van der Waals surface area contributed by atoms with Gasteiger partial charge in [0.1, 0.15) is 5.75 Å². The Morgan fingerprint density at radius 1 is 1.06 bits per heavy atom. The Hall–Kier alpha value is -2.37. The maximum absolute atomic E-state index is 13.6. The molecule has 0 radical (unpaired) electrons. The van der Waals surface area contributed by atoms with E-state index in [0.29, 0.717) is 42.8 Å². The Labute approximate surface area is 304 Å². The number of nitrogens with one attached hydrogen (secondary N) is 1. The van der Waals surface area contributed by atoms with E-state index in [9.17, 15) is 13.2 Å². The Bertz CT molecular complexity index is 1570. The molecular weight excluding hydrogens is 674 g/mol. The summed E-state index contributed by atoms with van der Waals surface area (Å²) in [6, 6.07) is 5.35. The normalized spacial score (nSPS) is 35.9. The van der Waals surface area contributed by atoms with E-state index in [0.717, 1.165) is 88.8 Å². The fourth-order valence-corrected chi connectivity index (χ4v) is 9.76. The number of sulfonamides is 1. The lowest BCUT2D eigenvalue weighted by molar-refractivity contribution is -0.0937. The van der Waals surface area contributed by atoms with Crippen molar-refractivity contribution >= 4 is 33.2 Å². The van der Waals surface area contributed by atoms with Crippen LogP contribution in [0.1, 0.15) is 76.6 Å². The van der Waals surface area contributed by atoms with E-state index in [2.05, 4.69) is 52.7 Å². The third-order valence-corrected chi connectivity index (χ3v) is 14.3. The molecule has 2 aliphatic carbocycles. The minimum absolute atomic E-state index is 0.209. The number of nitrogens with zero attached hydrogens (tertiary/aromatic N) is 2. The number of ether oxygens (including phenoxy) is 3. The van der Waals surface area contributed by atoms with Crippen molar-refractivity contribution in [2.24, 2.45) is 29.1 Å². The lowest BCUT2D eigenvalue weighted by atomic mass is 9.64. The van der Waals surface area contributed by atoms with E-state index in [1.54, 1.807) is 13.0 Å². The number of fused-ring (bicyclic) bond motifs is 3. The molecule has 1 saturated carbocycles. The van der Waals surface area contributed by atoms with Gasteiger partial charge in [-0.15, -0.1) is 0 Å². The van der Waals surface area contributed by atoms with Crippen LogP contribution in [0.5, 0.6) is 5.75 Å². The third kappa shape index (κ3) is 8.46. The zero-order chi connectivity index (χ0) is 35.5. The number of anilines is 1. The molecule has 9 nitrogen and oxygen atoms in total. The zero-order valence-corrected chi connectivity index (χ0v) is 31.8. The Balaban J connectivity index is 1.34. The van der Waals surface area contributed by atoms with Crippen molar-refractivity contribution in [3.8, 4) is 5.75 Å². The van der Waals surface area contributed by atoms with Crippen LogP contribution in [0.3, 0.4) is 0 Å². The van der Waals surface area contributed by atoms with Crippen molar-refractivity contribution in [3.63, 3.8) is 0 Å². The van der Waals surface area contributed by atoms with Crippen molar-refractivity contribution < 1.29 is 27.4 Å². The first-order valence-corrected chi connectivity index (χ1v) is 20.6. The highest BCUT2D eigenvalue weighted by Crippen LogP contribution is 2.47. The van der Waals surface area contributed by atoms with Crippen LogP contribution in [0.25, 0.3) is 0 Å². The van der Waals surface area contributed by atoms with Gasteiger partial charge >= 0.3 is 0 Å². The molecule has 2 unspecified atom stereocenters. The highest BCUT2D eigenvalue weighted by molar-refractivity contribution is 7.90. The summed E-state index contributed by atoms with van der Waals surface area (Å²) in [6.07, 6.45) is 16.3. The maximum atomic E-state index is 13.6. The average Bonchev–Trinajstić information content (AvgIpc) is 3.09. The van der Waals surface area contributed by atoms with Crippen molar-refractivity contribution in [3.05, 3.63) is 59.2 Å². The topological polar surface area (TPSA) is 97.4 Å². The number of hydrogen-bond acceptors (Lipinski definition) is 8. The Morgan fingerprint density at radius 3 is 2.62 bits per heavy atom. The molecule has 50 heavy (non-hydrogen) atoms. The molecule has 3 heterocycles. The smallest absolute Gasteiger partial charge is 0.264 e. The number of carbonyl (C=O) groups excluding carboxylic acids is 1. The summed E-state index contributed by atoms with van der Waals surface area (Å²) in [6.45, 7) is 14.9. The van der Waals surface area contributed by atoms with E-state index >= 15 is 0 Å². The molecule has 1 aromatic rings. The molecule has 6 rings (SSSR count). The van der Waals surface area contributed by atoms with Gasteiger partial charge in [0.15, 0.2) is 0 Å². The summed E-state index contributed by atoms with van der Waals surface area (Å²) in [7, 11) is -3.94. The number of amides is 1. The van der Waals surface area contributed by atoms with Crippen LogP contribution in [-0.2, 0) is 19.5 Å². The van der Waals surface area contributed by atoms with Gasteiger partial charge in [-0.3, -0.25) is 9.69 Å². The summed E-state index contributed by atoms with van der Waals surface area (Å²) in [4.78, 5) is 18.3. The molecule has 1 amide bonds. The van der Waals surface area contributed by atoms with Crippen molar-refractivity contribution in [1.82, 2.24) is 9.62 Å². The van der Waals surface area contributed by atoms with Gasteiger partial charge in [0.05, 0.1) is 43.0 Å². The first-order valence-electron chi connectivity index (χ1n) is 18.6. The van der Waals surface area contributed by atoms with Crippen LogP contribution < -0.4 is 14.4 Å². The SMILES string of the molecule is C[C@@H]1[C@@H](C)C/C=C/[C@](C)(OCCN2CCOCC2)[C@@H]2CC[C@H]2CN2CCCCC3C=C(Cl)C=CC3(C)COc3ccc(cc32)C(=O)NS1(=O)=O. The molecule has 276 valence electrons. The van der Waals surface area contributed by atoms with E-state index in [1.165, 1.54) is 0 Å². The first-order chi connectivity index (χ1) is 23.9. The highest BCUT2D eigenvalue weighted by Gasteiger charge is 2.45. The van der Waals surface area contributed by atoms with Crippen LogP contribution in [0.2, 0.25) is 0 Å². The molecule has 2 bridgehead atoms. The predicted octanol–water partition coefficient (Wildman–Crippen LogP) is 6.55. The number of rotatable bonds is 4. The van der Waals surface area contributed by atoms with Crippen molar-refractivity contribution in [1.29, 1.82) is 0 Å². The first kappa shape index (κ1) is 37.4. The molecule has 1 saturated heterocycles. The van der Waals surface area contributed by atoms with Crippen molar-refractivity contribution in [2.45, 2.75) is 77.1 Å². The predicted molar refractivity (Wildman–Crippen MR) is 199 cm³/mol. The zero-order valence-electron chi connectivity index (χ0n) is 30.2. The van der Waals surface area contributed by atoms with Gasteiger partial charge in [-0.25, -0.2) is 13.1 Å². The number of morpholine rings is 1. The van der Waals surface area contributed by atoms with Gasteiger partial charge < -0.3 is 19.1 Å². The lowest BCUT2D eigenvalue weighted by Crippen LogP contribution is -2.50. The van der Waals surface area contributed by atoms with Gasteiger partial charge in [-0.1, -0.05) is 56.2 Å². The molecule has 1 N–H and O–H groups in total. The highest BCUT2D eigenvalue weighted by atomic mass is 35.5. The summed E-state index contributed by atoms with van der Waals surface area (Å²) in [5, 5.41) is -0.00290. The number of carbonyl (C=O) groups is 1. The molecule has 5 aliphatic rings. The molecule has 0 spiro atoms. The second-order valence-corrected chi connectivity index (χ2v) is 18.1. The van der Waals surface area contributed by atoms with Crippen LogP contribution in [-0.4, -0.2) is 89.2 Å². The third-order valence-electron chi connectivity index (χ3n) is 12.1. The standard InChI is InChI=1S/C39H56ClN3O6S/c1-28-8-7-15-39(4,49-23-20-42-18-21-47-22-19-42)34-12-10-31(34)26-43-17-6-5-9-32-25-33(40)14-16-38(32,3)27-48-36-13-11-30(24-35(36)43)37(44)41-50(45,46)29(28)2/h7,11,13-16,24-25,28-29,31-32,34H,5-6,8-10,12,17-23,26-27H2,1-4H3,(H,41,44)/b15-7+/t28-,29+,31-,32?,34+,38?,39-/m0/s1. The molecule has 2 fully saturated rings. The molecule has 11 heteroatoms. The van der Waals surface area contributed by atoms with Gasteiger partial charge in [-0.05, 0) is 93.9 Å².